The molecule has 106 valence electrons. The number of anilines is 1. The van der Waals surface area contributed by atoms with Gasteiger partial charge in [0.1, 0.15) is 5.75 Å². The van der Waals surface area contributed by atoms with Gasteiger partial charge in [-0.05, 0) is 38.1 Å². The zero-order chi connectivity index (χ0) is 15.0. The number of benzene rings is 2. The maximum Gasteiger partial charge on any atom is 0.231 e. The SMILES string of the molecule is CC(=O)c1ccc2c(c1)NC(=O)C(C)c1ccccc1O2. The molecule has 0 aliphatic carbocycles. The van der Waals surface area contributed by atoms with E-state index < -0.39 is 0 Å². The molecule has 1 atom stereocenters. The van der Waals surface area contributed by atoms with Gasteiger partial charge in [0.2, 0.25) is 5.91 Å². The van der Waals surface area contributed by atoms with Gasteiger partial charge < -0.3 is 10.1 Å². The van der Waals surface area contributed by atoms with Crippen LogP contribution in [0.1, 0.15) is 35.7 Å². The summed E-state index contributed by atoms with van der Waals surface area (Å²) in [7, 11) is 0. The molecule has 2 aromatic carbocycles. The van der Waals surface area contributed by atoms with Crippen LogP contribution in [-0.2, 0) is 4.79 Å². The van der Waals surface area contributed by atoms with E-state index >= 15 is 0 Å². The van der Waals surface area contributed by atoms with Crippen molar-refractivity contribution in [2.75, 3.05) is 5.32 Å². The highest BCUT2D eigenvalue weighted by atomic mass is 16.5. The molecule has 4 nitrogen and oxygen atoms in total. The maximum absolute atomic E-state index is 12.3. The Morgan fingerprint density at radius 1 is 1.14 bits per heavy atom. The van der Waals surface area contributed by atoms with Crippen molar-refractivity contribution in [3.63, 3.8) is 0 Å². The zero-order valence-corrected chi connectivity index (χ0v) is 11.8. The van der Waals surface area contributed by atoms with Gasteiger partial charge in [-0.3, -0.25) is 9.59 Å². The smallest absolute Gasteiger partial charge is 0.231 e. The summed E-state index contributed by atoms with van der Waals surface area (Å²) in [6, 6.07) is 12.5. The number of para-hydroxylation sites is 1. The van der Waals surface area contributed by atoms with Crippen molar-refractivity contribution in [2.24, 2.45) is 0 Å². The number of amides is 1. The molecule has 2 aromatic rings. The number of fused-ring (bicyclic) bond motifs is 2. The summed E-state index contributed by atoms with van der Waals surface area (Å²) < 4.78 is 5.91. The molecule has 0 fully saturated rings. The van der Waals surface area contributed by atoms with Crippen molar-refractivity contribution >= 4 is 17.4 Å². The third-order valence-electron chi connectivity index (χ3n) is 3.64. The number of carbonyl (C=O) groups excluding carboxylic acids is 2. The Kier molecular flexibility index (Phi) is 3.22. The van der Waals surface area contributed by atoms with Gasteiger partial charge in [-0.25, -0.2) is 0 Å². The molecular weight excluding hydrogens is 266 g/mol. The van der Waals surface area contributed by atoms with Gasteiger partial charge in [-0.15, -0.1) is 0 Å². The molecular formula is C17H15NO3. The van der Waals surface area contributed by atoms with Crippen molar-refractivity contribution in [1.29, 1.82) is 0 Å². The van der Waals surface area contributed by atoms with E-state index in [2.05, 4.69) is 5.32 Å². The molecule has 1 unspecified atom stereocenters. The minimum atomic E-state index is -0.324. The Balaban J connectivity index is 2.13. The Morgan fingerprint density at radius 2 is 1.90 bits per heavy atom. The monoisotopic (exact) mass is 281 g/mol. The molecule has 1 aliphatic heterocycles. The van der Waals surface area contributed by atoms with E-state index in [-0.39, 0.29) is 17.6 Å². The van der Waals surface area contributed by atoms with Crippen LogP contribution in [0.15, 0.2) is 42.5 Å². The lowest BCUT2D eigenvalue weighted by molar-refractivity contribution is -0.117. The first-order valence-electron chi connectivity index (χ1n) is 6.79. The Bertz CT molecular complexity index is 737. The largest absolute Gasteiger partial charge is 0.455 e. The van der Waals surface area contributed by atoms with Gasteiger partial charge in [0.25, 0.3) is 0 Å². The molecule has 0 spiro atoms. The second kappa shape index (κ2) is 5.05. The summed E-state index contributed by atoms with van der Waals surface area (Å²) in [6.07, 6.45) is 0. The normalized spacial score (nSPS) is 16.7. The Morgan fingerprint density at radius 3 is 2.67 bits per heavy atom. The van der Waals surface area contributed by atoms with E-state index in [1.54, 1.807) is 18.2 Å². The highest BCUT2D eigenvalue weighted by Crippen LogP contribution is 2.38. The molecule has 21 heavy (non-hydrogen) atoms. The third kappa shape index (κ3) is 2.40. The van der Waals surface area contributed by atoms with E-state index in [1.807, 2.05) is 31.2 Å². The molecule has 4 heteroatoms. The van der Waals surface area contributed by atoms with Gasteiger partial charge >= 0.3 is 0 Å². The van der Waals surface area contributed by atoms with Crippen LogP contribution in [0.2, 0.25) is 0 Å². The van der Waals surface area contributed by atoms with Crippen LogP contribution in [0.5, 0.6) is 11.5 Å². The highest BCUT2D eigenvalue weighted by Gasteiger charge is 2.24. The summed E-state index contributed by atoms with van der Waals surface area (Å²) in [5.41, 5.74) is 1.91. The van der Waals surface area contributed by atoms with Crippen molar-refractivity contribution < 1.29 is 14.3 Å². The van der Waals surface area contributed by atoms with Crippen molar-refractivity contribution in [3.05, 3.63) is 53.6 Å². The number of rotatable bonds is 1. The number of ether oxygens (including phenoxy) is 1. The average Bonchev–Trinajstić information content (AvgIpc) is 2.47. The first-order valence-corrected chi connectivity index (χ1v) is 6.79. The molecule has 0 saturated carbocycles. The fraction of sp³-hybridized carbons (Fsp3) is 0.176. The number of carbonyl (C=O) groups is 2. The maximum atomic E-state index is 12.3. The molecule has 1 N–H and O–H groups in total. The molecule has 0 bridgehead atoms. The van der Waals surface area contributed by atoms with E-state index in [0.29, 0.717) is 22.7 Å². The molecule has 1 heterocycles. The van der Waals surface area contributed by atoms with Gasteiger partial charge in [0, 0.05) is 11.1 Å². The predicted molar refractivity (Wildman–Crippen MR) is 80.0 cm³/mol. The predicted octanol–water partition coefficient (Wildman–Crippen LogP) is 3.74. The molecule has 3 rings (SSSR count). The van der Waals surface area contributed by atoms with E-state index in [1.165, 1.54) is 6.92 Å². The number of nitrogens with one attached hydrogen (secondary N) is 1. The van der Waals surface area contributed by atoms with E-state index in [0.717, 1.165) is 5.56 Å². The van der Waals surface area contributed by atoms with Crippen LogP contribution in [0.3, 0.4) is 0 Å². The second-order valence-electron chi connectivity index (χ2n) is 5.12. The number of hydrogen-bond acceptors (Lipinski definition) is 3. The zero-order valence-electron chi connectivity index (χ0n) is 11.8. The molecule has 0 radical (unpaired) electrons. The highest BCUT2D eigenvalue weighted by molar-refractivity contribution is 6.00. The summed E-state index contributed by atoms with van der Waals surface area (Å²) >= 11 is 0. The molecule has 1 aliphatic rings. The summed E-state index contributed by atoms with van der Waals surface area (Å²) in [6.45, 7) is 3.32. The lowest BCUT2D eigenvalue weighted by Crippen LogP contribution is -2.21. The van der Waals surface area contributed by atoms with Crippen molar-refractivity contribution in [3.8, 4) is 11.5 Å². The molecule has 1 amide bonds. The van der Waals surface area contributed by atoms with E-state index in [9.17, 15) is 9.59 Å². The van der Waals surface area contributed by atoms with Crippen LogP contribution < -0.4 is 10.1 Å². The van der Waals surface area contributed by atoms with Gasteiger partial charge in [-0.2, -0.15) is 0 Å². The number of ketones is 1. The summed E-state index contributed by atoms with van der Waals surface area (Å²) in [5, 5.41) is 2.83. The first-order chi connectivity index (χ1) is 10.1. The fourth-order valence-corrected chi connectivity index (χ4v) is 2.37. The van der Waals surface area contributed by atoms with Crippen LogP contribution >= 0.6 is 0 Å². The average molecular weight is 281 g/mol. The lowest BCUT2D eigenvalue weighted by atomic mass is 9.98. The minimum Gasteiger partial charge on any atom is -0.455 e. The Hall–Kier alpha value is -2.62. The minimum absolute atomic E-state index is 0.0532. The second-order valence-corrected chi connectivity index (χ2v) is 5.12. The number of Topliss-reactive ketones (excluding diaryl/α,β-unsaturated/α-hetero) is 1. The standard InChI is InChI=1S/C17H15NO3/c1-10-13-5-3-4-6-15(13)21-16-8-7-12(11(2)19)9-14(16)18-17(10)20/h3-10H,1-2H3,(H,18,20). The molecule has 0 aromatic heterocycles. The topological polar surface area (TPSA) is 55.4 Å². The third-order valence-corrected chi connectivity index (χ3v) is 3.64. The van der Waals surface area contributed by atoms with Crippen molar-refractivity contribution in [1.82, 2.24) is 0 Å². The van der Waals surface area contributed by atoms with E-state index in [4.69, 9.17) is 4.74 Å². The quantitative estimate of drug-likeness (QED) is 0.810. The summed E-state index contributed by atoms with van der Waals surface area (Å²) in [4.78, 5) is 23.8. The van der Waals surface area contributed by atoms with Crippen LogP contribution in [-0.4, -0.2) is 11.7 Å². The van der Waals surface area contributed by atoms with Crippen LogP contribution in [0.4, 0.5) is 5.69 Å². The van der Waals surface area contributed by atoms with Gasteiger partial charge in [0.05, 0.1) is 11.6 Å². The number of hydrogen-bond donors (Lipinski definition) is 1. The van der Waals surface area contributed by atoms with Gasteiger partial charge in [-0.1, -0.05) is 18.2 Å². The molecule has 0 saturated heterocycles. The van der Waals surface area contributed by atoms with Crippen molar-refractivity contribution in [2.45, 2.75) is 19.8 Å². The van der Waals surface area contributed by atoms with Crippen LogP contribution in [0, 0.1) is 0 Å². The Labute approximate surface area is 122 Å². The lowest BCUT2D eigenvalue weighted by Gasteiger charge is -2.22. The summed E-state index contributed by atoms with van der Waals surface area (Å²) in [5.74, 6) is 0.704. The fourth-order valence-electron chi connectivity index (χ4n) is 2.37. The van der Waals surface area contributed by atoms with Gasteiger partial charge in [0.15, 0.2) is 11.5 Å². The first kappa shape index (κ1) is 13.4. The van der Waals surface area contributed by atoms with Crippen LogP contribution in [0.25, 0.3) is 0 Å².